The van der Waals surface area contributed by atoms with Gasteiger partial charge < -0.3 is 10.2 Å². The number of halogens is 1. The molecule has 2 unspecified atom stereocenters. The van der Waals surface area contributed by atoms with Gasteiger partial charge in [-0.25, -0.2) is 0 Å². The normalized spacial score (nSPS) is 18.9. The standard InChI is InChI=1S/C27H35ClN2O2/c1-19-17-30(18-27(19,4)5)24(31)23(15-21-12-9-13-22(28)14-21)29-25(32)26(2,3)16-20-10-7-6-8-11-20/h6-14,19,23H,15-18H2,1-5H3,(H,29,32). The van der Waals surface area contributed by atoms with E-state index < -0.39 is 11.5 Å². The molecule has 2 amide bonds. The number of hydrogen-bond donors (Lipinski definition) is 1. The summed E-state index contributed by atoms with van der Waals surface area (Å²) < 4.78 is 0. The smallest absolute Gasteiger partial charge is 0.245 e. The van der Waals surface area contributed by atoms with Gasteiger partial charge in [0.25, 0.3) is 0 Å². The van der Waals surface area contributed by atoms with Crippen molar-refractivity contribution >= 4 is 23.4 Å². The van der Waals surface area contributed by atoms with Crippen molar-refractivity contribution in [1.29, 1.82) is 0 Å². The van der Waals surface area contributed by atoms with Crippen LogP contribution in [-0.4, -0.2) is 35.8 Å². The van der Waals surface area contributed by atoms with E-state index in [4.69, 9.17) is 11.6 Å². The van der Waals surface area contributed by atoms with E-state index in [2.05, 4.69) is 26.1 Å². The predicted molar refractivity (Wildman–Crippen MR) is 131 cm³/mol. The van der Waals surface area contributed by atoms with Gasteiger partial charge in [0.1, 0.15) is 6.04 Å². The Kier molecular flexibility index (Phi) is 7.34. The van der Waals surface area contributed by atoms with Crippen LogP contribution in [-0.2, 0) is 22.4 Å². The van der Waals surface area contributed by atoms with Gasteiger partial charge in [-0.3, -0.25) is 9.59 Å². The second kappa shape index (κ2) is 9.66. The van der Waals surface area contributed by atoms with E-state index in [1.807, 2.05) is 73.3 Å². The van der Waals surface area contributed by atoms with E-state index in [1.54, 1.807) is 0 Å². The highest BCUT2D eigenvalue weighted by molar-refractivity contribution is 6.30. The molecule has 0 radical (unpaired) electrons. The summed E-state index contributed by atoms with van der Waals surface area (Å²) in [4.78, 5) is 28.8. The van der Waals surface area contributed by atoms with Crippen LogP contribution in [0.2, 0.25) is 5.02 Å². The average Bonchev–Trinajstić information content (AvgIpc) is 3.00. The highest BCUT2D eigenvalue weighted by Gasteiger charge is 2.41. The fourth-order valence-electron chi connectivity index (χ4n) is 4.32. The van der Waals surface area contributed by atoms with Gasteiger partial charge in [0.2, 0.25) is 11.8 Å². The molecule has 1 heterocycles. The summed E-state index contributed by atoms with van der Waals surface area (Å²) in [6.45, 7) is 11.8. The van der Waals surface area contributed by atoms with Crippen molar-refractivity contribution in [2.24, 2.45) is 16.7 Å². The summed E-state index contributed by atoms with van der Waals surface area (Å²) >= 11 is 6.18. The first-order chi connectivity index (χ1) is 15.0. The van der Waals surface area contributed by atoms with Crippen LogP contribution in [0.15, 0.2) is 54.6 Å². The first kappa shape index (κ1) is 24.3. The second-order valence-corrected chi connectivity index (χ2v) is 11.0. The van der Waals surface area contributed by atoms with Gasteiger partial charge in [0, 0.05) is 29.9 Å². The minimum Gasteiger partial charge on any atom is -0.344 e. The Morgan fingerprint density at radius 1 is 1.12 bits per heavy atom. The monoisotopic (exact) mass is 454 g/mol. The van der Waals surface area contributed by atoms with Crippen molar-refractivity contribution in [3.05, 3.63) is 70.7 Å². The molecule has 1 N–H and O–H groups in total. The summed E-state index contributed by atoms with van der Waals surface area (Å²) in [6, 6.07) is 16.8. The van der Waals surface area contributed by atoms with Gasteiger partial charge in [-0.05, 0) is 41.0 Å². The number of nitrogens with one attached hydrogen (secondary N) is 1. The number of benzene rings is 2. The van der Waals surface area contributed by atoms with Crippen molar-refractivity contribution in [3.8, 4) is 0 Å². The molecule has 2 aromatic carbocycles. The van der Waals surface area contributed by atoms with Crippen molar-refractivity contribution in [3.63, 3.8) is 0 Å². The Labute approximate surface area is 197 Å². The molecule has 3 rings (SSSR count). The van der Waals surface area contributed by atoms with Gasteiger partial charge in [-0.15, -0.1) is 0 Å². The summed E-state index contributed by atoms with van der Waals surface area (Å²) in [5.41, 5.74) is 1.45. The van der Waals surface area contributed by atoms with E-state index in [-0.39, 0.29) is 17.2 Å². The first-order valence-electron chi connectivity index (χ1n) is 11.4. The largest absolute Gasteiger partial charge is 0.344 e. The van der Waals surface area contributed by atoms with Crippen LogP contribution in [0.4, 0.5) is 0 Å². The molecule has 0 aliphatic carbocycles. The van der Waals surface area contributed by atoms with Crippen LogP contribution < -0.4 is 5.32 Å². The minimum atomic E-state index is -0.647. The lowest BCUT2D eigenvalue weighted by atomic mass is 9.84. The molecule has 2 aromatic rings. The fraction of sp³-hybridized carbons (Fsp3) is 0.481. The third kappa shape index (κ3) is 5.92. The Hall–Kier alpha value is -2.33. The molecule has 0 spiro atoms. The molecule has 4 nitrogen and oxygen atoms in total. The number of rotatable bonds is 7. The van der Waals surface area contributed by atoms with E-state index in [0.29, 0.717) is 36.9 Å². The van der Waals surface area contributed by atoms with Crippen molar-refractivity contribution in [2.75, 3.05) is 13.1 Å². The zero-order valence-electron chi connectivity index (χ0n) is 19.8. The molecule has 1 aliphatic rings. The average molecular weight is 455 g/mol. The van der Waals surface area contributed by atoms with Gasteiger partial charge in [0.05, 0.1) is 0 Å². The molecule has 1 fully saturated rings. The molecule has 1 saturated heterocycles. The number of carbonyl (C=O) groups excluding carboxylic acids is 2. The molecule has 172 valence electrons. The zero-order chi connectivity index (χ0) is 23.5. The summed E-state index contributed by atoms with van der Waals surface area (Å²) in [7, 11) is 0. The Morgan fingerprint density at radius 3 is 2.38 bits per heavy atom. The number of amides is 2. The van der Waals surface area contributed by atoms with Gasteiger partial charge in [0.15, 0.2) is 0 Å². The van der Waals surface area contributed by atoms with Crippen LogP contribution in [0.1, 0.15) is 45.7 Å². The maximum Gasteiger partial charge on any atom is 0.245 e. The highest BCUT2D eigenvalue weighted by Crippen LogP contribution is 2.35. The Bertz CT molecular complexity index is 955. The maximum atomic E-state index is 13.6. The van der Waals surface area contributed by atoms with Gasteiger partial charge >= 0.3 is 0 Å². The lowest BCUT2D eigenvalue weighted by molar-refractivity contribution is -0.138. The van der Waals surface area contributed by atoms with Gasteiger partial charge in [-0.2, -0.15) is 0 Å². The van der Waals surface area contributed by atoms with E-state index in [9.17, 15) is 9.59 Å². The number of likely N-dealkylation sites (tertiary alicyclic amines) is 1. The highest BCUT2D eigenvalue weighted by atomic mass is 35.5. The summed E-state index contributed by atoms with van der Waals surface area (Å²) in [6.07, 6.45) is 1.02. The summed E-state index contributed by atoms with van der Waals surface area (Å²) in [5.74, 6) is 0.267. The van der Waals surface area contributed by atoms with Crippen LogP contribution in [0.5, 0.6) is 0 Å². The maximum absolute atomic E-state index is 13.6. The van der Waals surface area contributed by atoms with Crippen LogP contribution in [0, 0.1) is 16.7 Å². The van der Waals surface area contributed by atoms with E-state index >= 15 is 0 Å². The molecular formula is C27H35ClN2O2. The lowest BCUT2D eigenvalue weighted by Gasteiger charge is -2.30. The predicted octanol–water partition coefficient (Wildman–Crippen LogP) is 5.14. The second-order valence-electron chi connectivity index (χ2n) is 10.5. The Morgan fingerprint density at radius 2 is 1.78 bits per heavy atom. The van der Waals surface area contributed by atoms with Crippen molar-refractivity contribution in [2.45, 2.75) is 53.5 Å². The first-order valence-corrected chi connectivity index (χ1v) is 11.7. The molecule has 5 heteroatoms. The summed E-state index contributed by atoms with van der Waals surface area (Å²) in [5, 5.41) is 3.72. The number of carbonyl (C=O) groups is 2. The Balaban J connectivity index is 1.80. The minimum absolute atomic E-state index is 0.0220. The SMILES string of the molecule is CC1CN(C(=O)C(Cc2cccc(Cl)c2)NC(=O)C(C)(C)Cc2ccccc2)CC1(C)C. The van der Waals surface area contributed by atoms with E-state index in [0.717, 1.165) is 11.1 Å². The quantitative estimate of drug-likeness (QED) is 0.629. The van der Waals surface area contributed by atoms with Crippen LogP contribution >= 0.6 is 11.6 Å². The molecule has 0 bridgehead atoms. The molecule has 1 aliphatic heterocycles. The number of nitrogens with zero attached hydrogens (tertiary/aromatic N) is 1. The third-order valence-corrected chi connectivity index (χ3v) is 7.01. The van der Waals surface area contributed by atoms with Crippen molar-refractivity contribution in [1.82, 2.24) is 10.2 Å². The van der Waals surface area contributed by atoms with Gasteiger partial charge in [-0.1, -0.05) is 88.7 Å². The van der Waals surface area contributed by atoms with E-state index in [1.165, 1.54) is 0 Å². The molecule has 0 aromatic heterocycles. The molecule has 2 atom stereocenters. The third-order valence-electron chi connectivity index (χ3n) is 6.77. The number of hydrogen-bond acceptors (Lipinski definition) is 2. The van der Waals surface area contributed by atoms with Crippen LogP contribution in [0.3, 0.4) is 0 Å². The molecule has 32 heavy (non-hydrogen) atoms. The molecule has 0 saturated carbocycles. The zero-order valence-corrected chi connectivity index (χ0v) is 20.6. The lowest BCUT2D eigenvalue weighted by Crippen LogP contribution is -2.52. The molecular weight excluding hydrogens is 420 g/mol. The topological polar surface area (TPSA) is 49.4 Å². The fourth-order valence-corrected chi connectivity index (χ4v) is 4.53. The van der Waals surface area contributed by atoms with Crippen LogP contribution in [0.25, 0.3) is 0 Å². The van der Waals surface area contributed by atoms with Crippen molar-refractivity contribution < 1.29 is 9.59 Å².